The number of imide groups is 1. The van der Waals surface area contributed by atoms with Gasteiger partial charge in [0.25, 0.3) is 11.1 Å². The van der Waals surface area contributed by atoms with E-state index in [4.69, 9.17) is 0 Å². The summed E-state index contributed by atoms with van der Waals surface area (Å²) in [6.45, 7) is 4.01. The molecule has 3 aromatic rings. The van der Waals surface area contributed by atoms with Crippen molar-refractivity contribution in [3.05, 3.63) is 91.4 Å². The van der Waals surface area contributed by atoms with Crippen LogP contribution in [0.4, 0.5) is 9.18 Å². The van der Waals surface area contributed by atoms with Crippen LogP contribution in [0, 0.1) is 23.2 Å². The molecule has 4 rings (SSSR count). The van der Waals surface area contributed by atoms with E-state index in [1.54, 1.807) is 24.3 Å². The number of benzene rings is 2. The standard InChI is InChI=1S/C23H18FIN2O2S/c1-14-11-17(15(2)27(14)20-6-4-3-5-19(20)24)12-21-22(28)26(23(29)30-21)13-16-7-9-18(25)10-8-16/h3-12H,13H2,1-2H3/b21-12-. The topological polar surface area (TPSA) is 42.3 Å². The van der Waals surface area contributed by atoms with Crippen LogP contribution in [0.3, 0.4) is 0 Å². The summed E-state index contributed by atoms with van der Waals surface area (Å²) in [5, 5.41) is -0.285. The maximum absolute atomic E-state index is 14.3. The number of para-hydroxylation sites is 1. The lowest BCUT2D eigenvalue weighted by molar-refractivity contribution is -0.123. The fourth-order valence-electron chi connectivity index (χ4n) is 3.49. The number of aromatic nitrogens is 1. The normalized spacial score (nSPS) is 15.5. The van der Waals surface area contributed by atoms with E-state index in [1.807, 2.05) is 48.7 Å². The zero-order valence-corrected chi connectivity index (χ0v) is 19.3. The number of thioether (sulfide) groups is 1. The molecule has 152 valence electrons. The molecule has 30 heavy (non-hydrogen) atoms. The number of carbonyl (C=O) groups excluding carboxylic acids is 2. The van der Waals surface area contributed by atoms with Crippen LogP contribution in [0.5, 0.6) is 0 Å². The molecule has 0 aliphatic carbocycles. The van der Waals surface area contributed by atoms with Gasteiger partial charge < -0.3 is 4.57 Å². The highest BCUT2D eigenvalue weighted by Gasteiger charge is 2.35. The van der Waals surface area contributed by atoms with Gasteiger partial charge in [-0.05, 0) is 95.7 Å². The minimum absolute atomic E-state index is 0.243. The summed E-state index contributed by atoms with van der Waals surface area (Å²) in [6, 6.07) is 16.2. The second-order valence-corrected chi connectivity index (χ2v) is 9.25. The van der Waals surface area contributed by atoms with Crippen LogP contribution >= 0.6 is 34.4 Å². The molecule has 0 radical (unpaired) electrons. The Morgan fingerprint density at radius 1 is 1.07 bits per heavy atom. The molecule has 0 bridgehead atoms. The summed E-state index contributed by atoms with van der Waals surface area (Å²) in [7, 11) is 0. The third-order valence-corrected chi connectivity index (χ3v) is 6.60. The first kappa shape index (κ1) is 20.9. The number of amides is 2. The average molecular weight is 532 g/mol. The largest absolute Gasteiger partial charge is 0.315 e. The zero-order valence-electron chi connectivity index (χ0n) is 16.4. The van der Waals surface area contributed by atoms with E-state index in [2.05, 4.69) is 22.6 Å². The van der Waals surface area contributed by atoms with Crippen molar-refractivity contribution < 1.29 is 14.0 Å². The molecule has 1 aliphatic rings. The predicted molar refractivity (Wildman–Crippen MR) is 126 cm³/mol. The lowest BCUT2D eigenvalue weighted by Crippen LogP contribution is -2.27. The summed E-state index contributed by atoms with van der Waals surface area (Å²) in [5.74, 6) is -0.622. The fraction of sp³-hybridized carbons (Fsp3) is 0.130. The summed E-state index contributed by atoms with van der Waals surface area (Å²) < 4.78 is 17.2. The second kappa shape index (κ2) is 8.39. The Morgan fingerprint density at radius 3 is 2.47 bits per heavy atom. The molecule has 1 aliphatic heterocycles. The number of hydrogen-bond donors (Lipinski definition) is 0. The van der Waals surface area contributed by atoms with Gasteiger partial charge in [0.1, 0.15) is 5.82 Å². The number of nitrogens with zero attached hydrogens (tertiary/aromatic N) is 2. The maximum Gasteiger partial charge on any atom is 0.293 e. The van der Waals surface area contributed by atoms with Gasteiger partial charge >= 0.3 is 0 Å². The van der Waals surface area contributed by atoms with Gasteiger partial charge in [0, 0.05) is 15.0 Å². The molecule has 0 N–H and O–H groups in total. The van der Waals surface area contributed by atoms with Crippen LogP contribution in [0.25, 0.3) is 11.8 Å². The van der Waals surface area contributed by atoms with E-state index < -0.39 is 0 Å². The second-order valence-electron chi connectivity index (χ2n) is 7.01. The molecule has 1 saturated heterocycles. The van der Waals surface area contributed by atoms with Crippen molar-refractivity contribution in [1.29, 1.82) is 0 Å². The number of aryl methyl sites for hydroxylation is 1. The lowest BCUT2D eigenvalue weighted by atomic mass is 10.2. The predicted octanol–water partition coefficient (Wildman–Crippen LogP) is 6.07. The first-order valence-corrected chi connectivity index (χ1v) is 11.2. The third kappa shape index (κ3) is 3.96. The summed E-state index contributed by atoms with van der Waals surface area (Å²) >= 11 is 3.15. The maximum atomic E-state index is 14.3. The van der Waals surface area contributed by atoms with Crippen molar-refractivity contribution in [2.75, 3.05) is 0 Å². The van der Waals surface area contributed by atoms with E-state index >= 15 is 0 Å². The Kier molecular flexibility index (Phi) is 5.84. The van der Waals surface area contributed by atoms with Gasteiger partial charge in [0.05, 0.1) is 17.1 Å². The Balaban J connectivity index is 1.63. The van der Waals surface area contributed by atoms with E-state index in [0.717, 1.165) is 37.8 Å². The number of carbonyl (C=O) groups is 2. The minimum Gasteiger partial charge on any atom is -0.315 e. The van der Waals surface area contributed by atoms with Gasteiger partial charge in [-0.1, -0.05) is 24.3 Å². The minimum atomic E-state index is -0.316. The van der Waals surface area contributed by atoms with Gasteiger partial charge in [-0.2, -0.15) is 0 Å². The molecule has 2 aromatic carbocycles. The number of rotatable bonds is 4. The molecule has 4 nitrogen and oxygen atoms in total. The SMILES string of the molecule is Cc1cc(/C=C2\SC(=O)N(Cc3ccc(I)cc3)C2=O)c(C)n1-c1ccccc1F. The molecular weight excluding hydrogens is 514 g/mol. The van der Waals surface area contributed by atoms with Gasteiger partial charge in [-0.25, -0.2) is 4.39 Å². The summed E-state index contributed by atoms with van der Waals surface area (Å²) in [4.78, 5) is 27.0. The van der Waals surface area contributed by atoms with Crippen molar-refractivity contribution in [2.24, 2.45) is 0 Å². The van der Waals surface area contributed by atoms with E-state index in [1.165, 1.54) is 11.0 Å². The van der Waals surface area contributed by atoms with E-state index in [0.29, 0.717) is 10.6 Å². The summed E-state index contributed by atoms with van der Waals surface area (Å²) in [5.41, 5.74) is 3.80. The van der Waals surface area contributed by atoms with Gasteiger partial charge in [0.2, 0.25) is 0 Å². The van der Waals surface area contributed by atoms with Crippen LogP contribution in [-0.4, -0.2) is 20.6 Å². The molecule has 2 heterocycles. The molecule has 1 fully saturated rings. The van der Waals surface area contributed by atoms with E-state index in [9.17, 15) is 14.0 Å². The van der Waals surface area contributed by atoms with Gasteiger partial charge in [-0.3, -0.25) is 14.5 Å². The molecule has 0 spiro atoms. The Labute approximate surface area is 191 Å². The van der Waals surface area contributed by atoms with Crippen molar-refractivity contribution in [1.82, 2.24) is 9.47 Å². The Morgan fingerprint density at radius 2 is 1.77 bits per heavy atom. The quantitative estimate of drug-likeness (QED) is 0.303. The first-order chi connectivity index (χ1) is 14.3. The van der Waals surface area contributed by atoms with E-state index in [-0.39, 0.29) is 23.5 Å². The average Bonchev–Trinajstić information content (AvgIpc) is 3.14. The van der Waals surface area contributed by atoms with Crippen molar-refractivity contribution >= 4 is 51.6 Å². The van der Waals surface area contributed by atoms with Crippen LogP contribution in [-0.2, 0) is 11.3 Å². The Hall–Kier alpha value is -2.39. The van der Waals surface area contributed by atoms with Gasteiger partial charge in [-0.15, -0.1) is 0 Å². The number of halogens is 2. The summed E-state index contributed by atoms with van der Waals surface area (Å²) in [6.07, 6.45) is 1.72. The molecule has 7 heteroatoms. The van der Waals surface area contributed by atoms with Crippen molar-refractivity contribution in [3.8, 4) is 5.69 Å². The smallest absolute Gasteiger partial charge is 0.293 e. The molecular formula is C23H18FIN2O2S. The van der Waals surface area contributed by atoms with Crippen LogP contribution in [0.15, 0.2) is 59.5 Å². The highest BCUT2D eigenvalue weighted by Crippen LogP contribution is 2.35. The molecule has 0 atom stereocenters. The number of hydrogen-bond acceptors (Lipinski definition) is 3. The molecule has 0 saturated carbocycles. The van der Waals surface area contributed by atoms with Crippen molar-refractivity contribution in [3.63, 3.8) is 0 Å². The third-order valence-electron chi connectivity index (χ3n) is 4.98. The molecule has 2 amide bonds. The van der Waals surface area contributed by atoms with Crippen LogP contribution in [0.1, 0.15) is 22.5 Å². The highest BCUT2D eigenvalue weighted by molar-refractivity contribution is 14.1. The van der Waals surface area contributed by atoms with Crippen LogP contribution in [0.2, 0.25) is 0 Å². The monoisotopic (exact) mass is 532 g/mol. The van der Waals surface area contributed by atoms with Crippen molar-refractivity contribution in [2.45, 2.75) is 20.4 Å². The van der Waals surface area contributed by atoms with Crippen LogP contribution < -0.4 is 0 Å². The fourth-order valence-corrected chi connectivity index (χ4v) is 4.68. The zero-order chi connectivity index (χ0) is 21.4. The van der Waals surface area contributed by atoms with Gasteiger partial charge in [0.15, 0.2) is 0 Å². The molecule has 1 aromatic heterocycles. The Bertz CT molecular complexity index is 1180. The molecule has 0 unspecified atom stereocenters. The highest BCUT2D eigenvalue weighted by atomic mass is 127. The lowest BCUT2D eigenvalue weighted by Gasteiger charge is -2.12. The first-order valence-electron chi connectivity index (χ1n) is 9.29.